The third-order valence-corrected chi connectivity index (χ3v) is 3.91. The van der Waals surface area contributed by atoms with E-state index in [2.05, 4.69) is 37.4 Å². The average molecular weight is 272 g/mol. The predicted octanol–water partition coefficient (Wildman–Crippen LogP) is 3.61. The molecule has 1 saturated carbocycles. The molecular weight excluding hydrogens is 248 g/mol. The Labute approximate surface area is 121 Å². The predicted molar refractivity (Wildman–Crippen MR) is 80.8 cm³/mol. The number of nitrogens with one attached hydrogen (secondary N) is 1. The highest BCUT2D eigenvalue weighted by Gasteiger charge is 2.24. The maximum atomic E-state index is 9.06. The van der Waals surface area contributed by atoms with Crippen LogP contribution in [-0.4, -0.2) is 18.7 Å². The topological polar surface area (TPSA) is 45.0 Å². The molecule has 20 heavy (non-hydrogen) atoms. The summed E-state index contributed by atoms with van der Waals surface area (Å²) in [4.78, 5) is 0. The number of nitriles is 1. The fourth-order valence-electron chi connectivity index (χ4n) is 2.14. The van der Waals surface area contributed by atoms with Gasteiger partial charge in [0.1, 0.15) is 5.75 Å². The zero-order chi connectivity index (χ0) is 14.4. The summed E-state index contributed by atoms with van der Waals surface area (Å²) in [6, 6.07) is 11.1. The van der Waals surface area contributed by atoms with E-state index >= 15 is 0 Å². The summed E-state index contributed by atoms with van der Waals surface area (Å²) in [6.45, 7) is 5.02. The van der Waals surface area contributed by atoms with Crippen molar-refractivity contribution < 1.29 is 4.74 Å². The van der Waals surface area contributed by atoms with Crippen LogP contribution in [0.15, 0.2) is 24.3 Å². The van der Waals surface area contributed by atoms with Gasteiger partial charge in [-0.1, -0.05) is 26.0 Å². The molecule has 2 atom stereocenters. The van der Waals surface area contributed by atoms with E-state index in [-0.39, 0.29) is 6.04 Å². The summed E-state index contributed by atoms with van der Waals surface area (Å²) in [5.41, 5.74) is 1.35. The standard InChI is InChI=1S/C17H24N2O/c1-3-13(2)14-4-8-17(9-5-14)20-11-10-16(12-18)19-15-6-7-15/h4-5,8-9,13,15-16,19H,3,6-7,10-11H2,1-2H3. The Morgan fingerprint density at radius 1 is 1.35 bits per heavy atom. The molecule has 0 aliphatic heterocycles. The summed E-state index contributed by atoms with van der Waals surface area (Å²) in [6.07, 6.45) is 4.29. The first-order valence-corrected chi connectivity index (χ1v) is 7.61. The van der Waals surface area contributed by atoms with E-state index in [0.717, 1.165) is 18.6 Å². The van der Waals surface area contributed by atoms with Gasteiger partial charge in [-0.2, -0.15) is 5.26 Å². The van der Waals surface area contributed by atoms with E-state index in [4.69, 9.17) is 10.00 Å². The number of nitrogens with zero attached hydrogens (tertiary/aromatic N) is 1. The minimum atomic E-state index is -0.0816. The molecule has 1 aromatic carbocycles. The molecule has 0 amide bonds. The molecule has 0 radical (unpaired) electrons. The van der Waals surface area contributed by atoms with Crippen molar-refractivity contribution in [1.82, 2.24) is 5.32 Å². The zero-order valence-electron chi connectivity index (χ0n) is 12.4. The van der Waals surface area contributed by atoms with Crippen molar-refractivity contribution in [3.05, 3.63) is 29.8 Å². The zero-order valence-corrected chi connectivity index (χ0v) is 12.4. The third kappa shape index (κ3) is 4.54. The highest BCUT2D eigenvalue weighted by atomic mass is 16.5. The minimum Gasteiger partial charge on any atom is -0.493 e. The fraction of sp³-hybridized carbons (Fsp3) is 0.588. The molecule has 108 valence electrons. The molecule has 0 heterocycles. The quantitative estimate of drug-likeness (QED) is 0.786. The number of hydrogen-bond acceptors (Lipinski definition) is 3. The molecule has 0 aromatic heterocycles. The molecule has 3 nitrogen and oxygen atoms in total. The van der Waals surface area contributed by atoms with Gasteiger partial charge in [-0.25, -0.2) is 0 Å². The number of hydrogen-bond donors (Lipinski definition) is 1. The van der Waals surface area contributed by atoms with Crippen LogP contribution in [0.5, 0.6) is 5.75 Å². The molecule has 0 saturated heterocycles. The Bertz CT molecular complexity index is 445. The van der Waals surface area contributed by atoms with Gasteiger partial charge in [0.15, 0.2) is 0 Å². The molecule has 1 aromatic rings. The van der Waals surface area contributed by atoms with Gasteiger partial charge < -0.3 is 4.74 Å². The minimum absolute atomic E-state index is 0.0816. The Morgan fingerprint density at radius 3 is 2.60 bits per heavy atom. The first-order valence-electron chi connectivity index (χ1n) is 7.61. The lowest BCUT2D eigenvalue weighted by Crippen LogP contribution is -2.31. The number of benzene rings is 1. The van der Waals surface area contributed by atoms with E-state index < -0.39 is 0 Å². The summed E-state index contributed by atoms with van der Waals surface area (Å²) in [7, 11) is 0. The summed E-state index contributed by atoms with van der Waals surface area (Å²) >= 11 is 0. The van der Waals surface area contributed by atoms with Crippen LogP contribution in [0.3, 0.4) is 0 Å². The lowest BCUT2D eigenvalue weighted by Gasteiger charge is -2.13. The lowest BCUT2D eigenvalue weighted by molar-refractivity contribution is 0.297. The van der Waals surface area contributed by atoms with E-state index in [1.54, 1.807) is 0 Å². The molecule has 0 spiro atoms. The number of rotatable bonds is 8. The summed E-state index contributed by atoms with van der Waals surface area (Å²) in [5.74, 6) is 1.48. The smallest absolute Gasteiger partial charge is 0.119 e. The van der Waals surface area contributed by atoms with Crippen LogP contribution in [0.2, 0.25) is 0 Å². The van der Waals surface area contributed by atoms with Crippen molar-refractivity contribution >= 4 is 0 Å². The monoisotopic (exact) mass is 272 g/mol. The van der Waals surface area contributed by atoms with Crippen molar-refractivity contribution in [2.75, 3.05) is 6.61 Å². The molecule has 3 heteroatoms. The van der Waals surface area contributed by atoms with Crippen LogP contribution >= 0.6 is 0 Å². The summed E-state index contributed by atoms with van der Waals surface area (Å²) in [5, 5.41) is 12.4. The van der Waals surface area contributed by atoms with E-state index in [1.807, 2.05) is 12.1 Å². The maximum Gasteiger partial charge on any atom is 0.119 e. The summed E-state index contributed by atoms with van der Waals surface area (Å²) < 4.78 is 5.72. The second-order valence-electron chi connectivity index (χ2n) is 5.64. The van der Waals surface area contributed by atoms with Gasteiger partial charge in [0.25, 0.3) is 0 Å². The van der Waals surface area contributed by atoms with E-state index in [0.29, 0.717) is 18.6 Å². The van der Waals surface area contributed by atoms with Crippen LogP contribution in [0.25, 0.3) is 0 Å². The number of ether oxygens (including phenoxy) is 1. The van der Waals surface area contributed by atoms with Crippen LogP contribution in [0.4, 0.5) is 0 Å². The Morgan fingerprint density at radius 2 is 2.05 bits per heavy atom. The molecule has 2 rings (SSSR count). The third-order valence-electron chi connectivity index (χ3n) is 3.91. The molecule has 1 aliphatic rings. The first kappa shape index (κ1) is 14.9. The van der Waals surface area contributed by atoms with Crippen LogP contribution < -0.4 is 10.1 Å². The van der Waals surface area contributed by atoms with Crippen molar-refractivity contribution in [2.45, 2.75) is 57.5 Å². The molecule has 1 aliphatic carbocycles. The molecular formula is C17H24N2O. The van der Waals surface area contributed by atoms with Gasteiger partial charge in [0, 0.05) is 12.5 Å². The Hall–Kier alpha value is -1.53. The van der Waals surface area contributed by atoms with Crippen LogP contribution in [0, 0.1) is 11.3 Å². The molecule has 1 N–H and O–H groups in total. The second kappa shape index (κ2) is 7.31. The SMILES string of the molecule is CCC(C)c1ccc(OCCC(C#N)NC2CC2)cc1. The Balaban J connectivity index is 1.74. The van der Waals surface area contributed by atoms with Gasteiger partial charge in [0.05, 0.1) is 18.7 Å². The van der Waals surface area contributed by atoms with Crippen LogP contribution in [0.1, 0.15) is 51.0 Å². The van der Waals surface area contributed by atoms with Gasteiger partial charge in [0.2, 0.25) is 0 Å². The lowest BCUT2D eigenvalue weighted by atomic mass is 9.99. The van der Waals surface area contributed by atoms with Gasteiger partial charge in [-0.05, 0) is 42.9 Å². The van der Waals surface area contributed by atoms with Crippen molar-refractivity contribution in [2.24, 2.45) is 0 Å². The molecule has 1 fully saturated rings. The van der Waals surface area contributed by atoms with Gasteiger partial charge in [-0.15, -0.1) is 0 Å². The van der Waals surface area contributed by atoms with Crippen molar-refractivity contribution in [1.29, 1.82) is 5.26 Å². The molecule has 2 unspecified atom stereocenters. The van der Waals surface area contributed by atoms with E-state index in [1.165, 1.54) is 18.4 Å². The van der Waals surface area contributed by atoms with Gasteiger partial charge >= 0.3 is 0 Å². The normalized spacial score (nSPS) is 17.2. The largest absolute Gasteiger partial charge is 0.493 e. The maximum absolute atomic E-state index is 9.06. The first-order chi connectivity index (χ1) is 9.72. The Kier molecular flexibility index (Phi) is 5.43. The van der Waals surface area contributed by atoms with Gasteiger partial charge in [-0.3, -0.25) is 5.32 Å². The average Bonchev–Trinajstić information content (AvgIpc) is 3.30. The fourth-order valence-corrected chi connectivity index (χ4v) is 2.14. The highest BCUT2D eigenvalue weighted by Crippen LogP contribution is 2.22. The van der Waals surface area contributed by atoms with Crippen molar-refractivity contribution in [3.8, 4) is 11.8 Å². The van der Waals surface area contributed by atoms with E-state index in [9.17, 15) is 0 Å². The van der Waals surface area contributed by atoms with Crippen molar-refractivity contribution in [3.63, 3.8) is 0 Å². The highest BCUT2D eigenvalue weighted by molar-refractivity contribution is 5.29. The van der Waals surface area contributed by atoms with Crippen LogP contribution in [-0.2, 0) is 0 Å². The second-order valence-corrected chi connectivity index (χ2v) is 5.64. The molecule has 0 bridgehead atoms.